The van der Waals surface area contributed by atoms with Crippen LogP contribution in [0.1, 0.15) is 6.92 Å². The molecule has 0 spiro atoms. The Kier molecular flexibility index (Phi) is 2.99. The summed E-state index contributed by atoms with van der Waals surface area (Å²) in [6, 6.07) is 0. The molecule has 64 valence electrons. The monoisotopic (exact) mass is 180 g/mol. The smallest absolute Gasteiger partial charge is 0.332 e. The van der Waals surface area contributed by atoms with Crippen LogP contribution in [0.4, 0.5) is 0 Å². The molecule has 0 aromatic heterocycles. The Balaban J connectivity index is 4.52. The maximum atomic E-state index is 10.4. The van der Waals surface area contributed by atoms with Gasteiger partial charge in [0.15, 0.2) is 0 Å². The predicted molar refractivity (Wildman–Crippen MR) is 38.3 cm³/mol. The number of hydrogen-bond donors (Lipinski definition) is 3. The fourth-order valence-corrected chi connectivity index (χ4v) is 0.898. The summed E-state index contributed by atoms with van der Waals surface area (Å²) in [6.45, 7) is 4.15. The molecule has 0 aromatic rings. The molecule has 1 atom stereocenters. The van der Waals surface area contributed by atoms with Crippen molar-refractivity contribution in [2.24, 2.45) is 0 Å². The van der Waals surface area contributed by atoms with Gasteiger partial charge in [0.2, 0.25) is 0 Å². The fourth-order valence-electron chi connectivity index (χ4n) is 0.382. The minimum absolute atomic E-state index is 0.474. The van der Waals surface area contributed by atoms with Crippen molar-refractivity contribution in [3.63, 3.8) is 0 Å². The van der Waals surface area contributed by atoms with Gasteiger partial charge in [-0.3, -0.25) is 4.57 Å². The Labute approximate surface area is 63.5 Å². The van der Waals surface area contributed by atoms with Crippen molar-refractivity contribution in [3.8, 4) is 0 Å². The first-order valence-corrected chi connectivity index (χ1v) is 4.42. The van der Waals surface area contributed by atoms with Crippen LogP contribution in [0.5, 0.6) is 0 Å². The molecule has 0 rings (SSSR count). The highest BCUT2D eigenvalue weighted by Crippen LogP contribution is 2.43. The summed E-state index contributed by atoms with van der Waals surface area (Å²) in [5.41, 5.74) is -1.79. The van der Waals surface area contributed by atoms with Crippen LogP contribution in [0.2, 0.25) is 0 Å². The Bertz CT molecular complexity index is 227. The summed E-state index contributed by atoms with van der Waals surface area (Å²) in [4.78, 5) is 27.1. The first-order chi connectivity index (χ1) is 4.76. The molecule has 0 saturated carbocycles. The van der Waals surface area contributed by atoms with Gasteiger partial charge >= 0.3 is 13.6 Å². The van der Waals surface area contributed by atoms with E-state index in [1.54, 1.807) is 0 Å². The third-order valence-corrected chi connectivity index (χ3v) is 2.60. The summed E-state index contributed by atoms with van der Waals surface area (Å²) >= 11 is 0. The van der Waals surface area contributed by atoms with E-state index < -0.39 is 24.8 Å². The van der Waals surface area contributed by atoms with E-state index in [-0.39, 0.29) is 0 Å². The molecule has 0 aliphatic heterocycles. The third kappa shape index (κ3) is 2.84. The summed E-state index contributed by atoms with van der Waals surface area (Å²) in [5, 5.41) is 8.27. The molecular weight excluding hydrogens is 171 g/mol. The largest absolute Gasteiger partial charge is 0.478 e. The standard InChI is InChI=1S/C5H9O5P/c1-3(5(6)7)4(2)11(8,9)10/h4H,1H2,2H3,(H,6,7)(H2,8,9,10). The molecule has 0 fully saturated rings. The Morgan fingerprint density at radius 3 is 2.00 bits per heavy atom. The van der Waals surface area contributed by atoms with Crippen molar-refractivity contribution < 1.29 is 24.3 Å². The van der Waals surface area contributed by atoms with Crippen molar-refractivity contribution in [1.29, 1.82) is 0 Å². The molecule has 5 nitrogen and oxygen atoms in total. The normalized spacial score (nSPS) is 14.1. The van der Waals surface area contributed by atoms with Gasteiger partial charge in [-0.1, -0.05) is 6.58 Å². The van der Waals surface area contributed by atoms with E-state index in [1.165, 1.54) is 0 Å². The summed E-state index contributed by atoms with van der Waals surface area (Å²) in [6.07, 6.45) is 0. The molecule has 11 heavy (non-hydrogen) atoms. The zero-order valence-corrected chi connectivity index (χ0v) is 6.78. The summed E-state index contributed by atoms with van der Waals surface area (Å²) < 4.78 is 10.4. The van der Waals surface area contributed by atoms with Gasteiger partial charge in [0.05, 0.1) is 5.66 Å². The maximum Gasteiger partial charge on any atom is 0.332 e. The van der Waals surface area contributed by atoms with Gasteiger partial charge < -0.3 is 14.9 Å². The van der Waals surface area contributed by atoms with E-state index in [0.29, 0.717) is 0 Å². The second-order valence-electron chi connectivity index (χ2n) is 2.10. The molecule has 0 bridgehead atoms. The van der Waals surface area contributed by atoms with E-state index >= 15 is 0 Å². The molecule has 0 saturated heterocycles. The number of carboxylic acid groups (broad SMARTS) is 1. The molecular formula is C5H9O5P. The van der Waals surface area contributed by atoms with Gasteiger partial charge in [0, 0.05) is 5.57 Å². The van der Waals surface area contributed by atoms with Crippen LogP contribution >= 0.6 is 7.60 Å². The lowest BCUT2D eigenvalue weighted by atomic mass is 10.2. The highest BCUT2D eigenvalue weighted by molar-refractivity contribution is 7.52. The average molecular weight is 180 g/mol. The van der Waals surface area contributed by atoms with Crippen LogP contribution in [0, 0.1) is 0 Å². The van der Waals surface area contributed by atoms with Crippen LogP contribution in [0.25, 0.3) is 0 Å². The molecule has 0 aromatic carbocycles. The topological polar surface area (TPSA) is 94.8 Å². The van der Waals surface area contributed by atoms with E-state index in [2.05, 4.69) is 6.58 Å². The van der Waals surface area contributed by atoms with Gasteiger partial charge in [-0.15, -0.1) is 0 Å². The van der Waals surface area contributed by atoms with Crippen molar-refractivity contribution >= 4 is 13.6 Å². The second kappa shape index (κ2) is 3.17. The highest BCUT2D eigenvalue weighted by atomic mass is 31.2. The van der Waals surface area contributed by atoms with Crippen LogP contribution in [-0.4, -0.2) is 26.5 Å². The lowest BCUT2D eigenvalue weighted by molar-refractivity contribution is -0.132. The number of aliphatic carboxylic acids is 1. The SMILES string of the molecule is C=C(C(=O)O)C(C)P(=O)(O)O. The van der Waals surface area contributed by atoms with E-state index in [0.717, 1.165) is 6.92 Å². The van der Waals surface area contributed by atoms with Crippen LogP contribution in [0.3, 0.4) is 0 Å². The Morgan fingerprint density at radius 1 is 1.55 bits per heavy atom. The van der Waals surface area contributed by atoms with Gasteiger partial charge in [-0.25, -0.2) is 4.79 Å². The Morgan fingerprint density at radius 2 is 1.91 bits per heavy atom. The zero-order chi connectivity index (χ0) is 9.23. The van der Waals surface area contributed by atoms with Crippen LogP contribution < -0.4 is 0 Å². The molecule has 1 unspecified atom stereocenters. The van der Waals surface area contributed by atoms with Crippen molar-refractivity contribution in [3.05, 3.63) is 12.2 Å². The van der Waals surface area contributed by atoms with E-state index in [1.807, 2.05) is 0 Å². The summed E-state index contributed by atoms with van der Waals surface area (Å²) in [7, 11) is -4.35. The second-order valence-corrected chi connectivity index (χ2v) is 4.05. The molecule has 0 heterocycles. The van der Waals surface area contributed by atoms with Gasteiger partial charge in [-0.2, -0.15) is 0 Å². The van der Waals surface area contributed by atoms with Crippen molar-refractivity contribution in [2.75, 3.05) is 0 Å². The third-order valence-electron chi connectivity index (χ3n) is 1.28. The van der Waals surface area contributed by atoms with Gasteiger partial charge in [0.25, 0.3) is 0 Å². The highest BCUT2D eigenvalue weighted by Gasteiger charge is 2.29. The average Bonchev–Trinajstić information content (AvgIpc) is 1.82. The van der Waals surface area contributed by atoms with Crippen molar-refractivity contribution in [1.82, 2.24) is 0 Å². The predicted octanol–water partition coefficient (Wildman–Crippen LogP) is 0.193. The van der Waals surface area contributed by atoms with Crippen molar-refractivity contribution in [2.45, 2.75) is 12.6 Å². The van der Waals surface area contributed by atoms with Crippen LogP contribution in [0.15, 0.2) is 12.2 Å². The molecule has 3 N–H and O–H groups in total. The minimum atomic E-state index is -4.35. The Hall–Kier alpha value is -0.640. The maximum absolute atomic E-state index is 10.4. The van der Waals surface area contributed by atoms with E-state index in [9.17, 15) is 9.36 Å². The molecule has 0 aliphatic rings. The molecule has 0 radical (unpaired) electrons. The lowest BCUT2D eigenvalue weighted by Gasteiger charge is -2.12. The number of carboxylic acids is 1. The molecule has 0 aliphatic carbocycles. The number of rotatable bonds is 3. The van der Waals surface area contributed by atoms with Crippen LogP contribution in [-0.2, 0) is 9.36 Å². The van der Waals surface area contributed by atoms with Gasteiger partial charge in [0.1, 0.15) is 0 Å². The first-order valence-electron chi connectivity index (χ1n) is 2.74. The minimum Gasteiger partial charge on any atom is -0.478 e. The zero-order valence-electron chi connectivity index (χ0n) is 5.89. The van der Waals surface area contributed by atoms with Gasteiger partial charge in [-0.05, 0) is 6.92 Å². The first kappa shape index (κ1) is 10.4. The number of hydrogen-bond acceptors (Lipinski definition) is 2. The molecule has 6 heteroatoms. The lowest BCUT2D eigenvalue weighted by Crippen LogP contribution is -2.13. The number of carbonyl (C=O) groups is 1. The quantitative estimate of drug-likeness (QED) is 0.425. The van der Waals surface area contributed by atoms with E-state index in [4.69, 9.17) is 14.9 Å². The fraction of sp³-hybridized carbons (Fsp3) is 0.400. The molecule has 0 amide bonds. The summed E-state index contributed by atoms with van der Waals surface area (Å²) in [5.74, 6) is -1.39.